The third-order valence-electron chi connectivity index (χ3n) is 3.47. The summed E-state index contributed by atoms with van der Waals surface area (Å²) in [5.41, 5.74) is 3.57. The van der Waals surface area contributed by atoms with E-state index in [4.69, 9.17) is 0 Å². The summed E-state index contributed by atoms with van der Waals surface area (Å²) in [4.78, 5) is 0. The Hall–Kier alpha value is -2.64. The zero-order chi connectivity index (χ0) is 14.7. The number of benzene rings is 2. The lowest BCUT2D eigenvalue weighted by Gasteiger charge is -2.08. The van der Waals surface area contributed by atoms with Gasteiger partial charge in [-0.05, 0) is 30.3 Å². The second-order valence-electron chi connectivity index (χ2n) is 4.86. The van der Waals surface area contributed by atoms with Crippen molar-refractivity contribution in [1.82, 2.24) is 15.1 Å². The second-order valence-corrected chi connectivity index (χ2v) is 4.86. The highest BCUT2D eigenvalue weighted by Crippen LogP contribution is 2.21. The molecule has 0 aliphatic carbocycles. The fourth-order valence-electron chi connectivity index (χ4n) is 2.40. The van der Waals surface area contributed by atoms with Crippen LogP contribution in [-0.2, 0) is 6.54 Å². The number of fused-ring (bicyclic) bond motifs is 1. The molecule has 1 aromatic heterocycles. The predicted molar refractivity (Wildman–Crippen MR) is 83.2 cm³/mol. The van der Waals surface area contributed by atoms with Crippen molar-refractivity contribution < 1.29 is 0 Å². The molecule has 2 aromatic carbocycles. The molecule has 4 nitrogen and oxygen atoms in total. The minimum atomic E-state index is 0.638. The minimum Gasteiger partial charge on any atom is -0.313 e. The van der Waals surface area contributed by atoms with Crippen LogP contribution in [0.1, 0.15) is 18.1 Å². The number of hydrogen-bond donors (Lipinski definition) is 1. The first-order valence-electron chi connectivity index (χ1n) is 7.00. The van der Waals surface area contributed by atoms with Gasteiger partial charge >= 0.3 is 0 Å². The topological polar surface area (TPSA) is 53.6 Å². The van der Waals surface area contributed by atoms with Crippen LogP contribution in [0.2, 0.25) is 0 Å². The van der Waals surface area contributed by atoms with Gasteiger partial charge in [-0.15, -0.1) is 0 Å². The molecule has 0 aliphatic heterocycles. The molecule has 0 aliphatic rings. The average molecular weight is 276 g/mol. The smallest absolute Gasteiger partial charge is 0.101 e. The molecule has 4 heteroatoms. The van der Waals surface area contributed by atoms with Crippen LogP contribution < -0.4 is 5.32 Å². The third-order valence-corrected chi connectivity index (χ3v) is 3.47. The van der Waals surface area contributed by atoms with Gasteiger partial charge in [0.1, 0.15) is 6.07 Å². The Kier molecular flexibility index (Phi) is 3.67. The number of aromatic nitrogens is 2. The minimum absolute atomic E-state index is 0.638. The van der Waals surface area contributed by atoms with E-state index in [9.17, 15) is 5.26 Å². The van der Waals surface area contributed by atoms with Crippen molar-refractivity contribution >= 4 is 10.9 Å². The molecular weight excluding hydrogens is 260 g/mol. The number of para-hydroxylation sites is 1. The molecule has 0 saturated carbocycles. The Morgan fingerprint density at radius 3 is 2.90 bits per heavy atom. The molecular formula is C17H16N4. The second kappa shape index (κ2) is 5.78. The number of nitrogens with zero attached hydrogens (tertiary/aromatic N) is 3. The van der Waals surface area contributed by atoms with Gasteiger partial charge in [0.25, 0.3) is 0 Å². The van der Waals surface area contributed by atoms with Gasteiger partial charge < -0.3 is 5.32 Å². The summed E-state index contributed by atoms with van der Waals surface area (Å²) in [5.74, 6) is 0. The fourth-order valence-corrected chi connectivity index (χ4v) is 2.40. The fraction of sp³-hybridized carbons (Fsp3) is 0.176. The van der Waals surface area contributed by atoms with Crippen LogP contribution in [-0.4, -0.2) is 16.3 Å². The summed E-state index contributed by atoms with van der Waals surface area (Å²) in [7, 11) is 0. The molecule has 0 fully saturated rings. The van der Waals surface area contributed by atoms with Gasteiger partial charge in [-0.1, -0.05) is 31.2 Å². The van der Waals surface area contributed by atoms with Crippen molar-refractivity contribution in [3.8, 4) is 11.8 Å². The first-order valence-corrected chi connectivity index (χ1v) is 7.00. The number of rotatable bonds is 4. The average Bonchev–Trinajstić information content (AvgIpc) is 2.96. The molecule has 0 bridgehead atoms. The Bertz CT molecular complexity index is 811. The molecule has 0 unspecified atom stereocenters. The van der Waals surface area contributed by atoms with E-state index in [0.29, 0.717) is 5.56 Å². The summed E-state index contributed by atoms with van der Waals surface area (Å²) >= 11 is 0. The molecule has 0 spiro atoms. The first-order chi connectivity index (χ1) is 10.3. The lowest BCUT2D eigenvalue weighted by atomic mass is 10.1. The van der Waals surface area contributed by atoms with E-state index in [-0.39, 0.29) is 0 Å². The Morgan fingerprint density at radius 1 is 1.24 bits per heavy atom. The third kappa shape index (κ3) is 2.51. The Balaban J connectivity index is 2.08. The van der Waals surface area contributed by atoms with Crippen molar-refractivity contribution in [2.24, 2.45) is 0 Å². The molecule has 104 valence electrons. The molecule has 0 radical (unpaired) electrons. The van der Waals surface area contributed by atoms with Gasteiger partial charge in [-0.25, -0.2) is 4.68 Å². The predicted octanol–water partition coefficient (Wildman–Crippen LogP) is 3.01. The summed E-state index contributed by atoms with van der Waals surface area (Å²) in [6.45, 7) is 3.74. The maximum Gasteiger partial charge on any atom is 0.101 e. The van der Waals surface area contributed by atoms with Gasteiger partial charge in [-0.2, -0.15) is 10.4 Å². The van der Waals surface area contributed by atoms with Crippen LogP contribution in [0.25, 0.3) is 16.6 Å². The number of nitriles is 1. The normalized spacial score (nSPS) is 10.7. The summed E-state index contributed by atoms with van der Waals surface area (Å²) in [6, 6.07) is 16.2. The zero-order valence-electron chi connectivity index (χ0n) is 11.9. The molecule has 3 aromatic rings. The SMILES string of the molecule is CCNCc1ccc(-n2ncc3ccccc32)c(C#N)c1. The lowest BCUT2D eigenvalue weighted by molar-refractivity contribution is 0.726. The van der Waals surface area contributed by atoms with E-state index in [1.54, 1.807) is 0 Å². The van der Waals surface area contributed by atoms with Crippen LogP contribution >= 0.6 is 0 Å². The monoisotopic (exact) mass is 276 g/mol. The van der Waals surface area contributed by atoms with E-state index >= 15 is 0 Å². The standard InChI is InChI=1S/C17H16N4/c1-2-19-11-13-7-8-17(15(9-13)10-18)21-16-6-4-3-5-14(16)12-20-21/h3-9,12,19H,2,11H2,1H3. The number of hydrogen-bond acceptors (Lipinski definition) is 3. The van der Waals surface area contributed by atoms with Crippen LogP contribution in [0.3, 0.4) is 0 Å². The quantitative estimate of drug-likeness (QED) is 0.797. The Morgan fingerprint density at radius 2 is 2.10 bits per heavy atom. The zero-order valence-corrected chi connectivity index (χ0v) is 11.9. The molecule has 3 rings (SSSR count). The van der Waals surface area contributed by atoms with Gasteiger partial charge in [0.2, 0.25) is 0 Å². The van der Waals surface area contributed by atoms with Gasteiger partial charge in [-0.3, -0.25) is 0 Å². The molecule has 21 heavy (non-hydrogen) atoms. The van der Waals surface area contributed by atoms with Crippen LogP contribution in [0.4, 0.5) is 0 Å². The number of nitrogens with one attached hydrogen (secondary N) is 1. The summed E-state index contributed by atoms with van der Waals surface area (Å²) < 4.78 is 1.82. The van der Waals surface area contributed by atoms with Crippen molar-refractivity contribution in [1.29, 1.82) is 5.26 Å². The molecule has 1 N–H and O–H groups in total. The highest BCUT2D eigenvalue weighted by molar-refractivity contribution is 5.80. The van der Waals surface area contributed by atoms with Crippen molar-refractivity contribution in [3.63, 3.8) is 0 Å². The van der Waals surface area contributed by atoms with E-state index < -0.39 is 0 Å². The highest BCUT2D eigenvalue weighted by Gasteiger charge is 2.09. The van der Waals surface area contributed by atoms with E-state index in [1.807, 2.05) is 53.3 Å². The van der Waals surface area contributed by atoms with Crippen LogP contribution in [0.15, 0.2) is 48.7 Å². The van der Waals surface area contributed by atoms with E-state index in [0.717, 1.165) is 35.2 Å². The molecule has 0 saturated heterocycles. The van der Waals surface area contributed by atoms with Crippen molar-refractivity contribution in [2.45, 2.75) is 13.5 Å². The highest BCUT2D eigenvalue weighted by atomic mass is 15.3. The Labute approximate surface area is 123 Å². The maximum atomic E-state index is 9.43. The van der Waals surface area contributed by atoms with Crippen LogP contribution in [0, 0.1) is 11.3 Å². The molecule has 0 atom stereocenters. The van der Waals surface area contributed by atoms with Crippen molar-refractivity contribution in [3.05, 3.63) is 59.8 Å². The lowest BCUT2D eigenvalue weighted by Crippen LogP contribution is -2.12. The van der Waals surface area contributed by atoms with Gasteiger partial charge in [0, 0.05) is 11.9 Å². The van der Waals surface area contributed by atoms with Gasteiger partial charge in [0.15, 0.2) is 0 Å². The molecule has 1 heterocycles. The maximum absolute atomic E-state index is 9.43. The summed E-state index contributed by atoms with van der Waals surface area (Å²) in [6.07, 6.45) is 1.82. The van der Waals surface area contributed by atoms with Crippen molar-refractivity contribution in [2.75, 3.05) is 6.54 Å². The van der Waals surface area contributed by atoms with Gasteiger partial charge in [0.05, 0.1) is 23.0 Å². The molecule has 0 amide bonds. The van der Waals surface area contributed by atoms with E-state index in [2.05, 4.69) is 23.4 Å². The van der Waals surface area contributed by atoms with E-state index in [1.165, 1.54) is 0 Å². The first kappa shape index (κ1) is 13.3. The largest absolute Gasteiger partial charge is 0.313 e. The van der Waals surface area contributed by atoms with Crippen LogP contribution in [0.5, 0.6) is 0 Å². The summed E-state index contributed by atoms with van der Waals surface area (Å²) in [5, 5.41) is 18.2.